The van der Waals surface area contributed by atoms with E-state index in [1.807, 2.05) is 34.9 Å². The fourth-order valence-electron chi connectivity index (χ4n) is 4.22. The summed E-state index contributed by atoms with van der Waals surface area (Å²) in [5.74, 6) is 1.60. The molecule has 1 aromatic heterocycles. The minimum atomic E-state index is -0.532. The number of ether oxygens (including phenoxy) is 1. The molecule has 0 radical (unpaired) electrons. The average Bonchev–Trinajstić information content (AvgIpc) is 2.62. The maximum atomic E-state index is 12.1. The lowest BCUT2D eigenvalue weighted by Crippen LogP contribution is -2.49. The molecule has 1 saturated heterocycles. The summed E-state index contributed by atoms with van der Waals surface area (Å²) in [6, 6.07) is 13.2. The van der Waals surface area contributed by atoms with Gasteiger partial charge in [-0.2, -0.15) is 0 Å². The van der Waals surface area contributed by atoms with Gasteiger partial charge in [-0.3, -0.25) is 9.69 Å². The fourth-order valence-corrected chi connectivity index (χ4v) is 4.48. The summed E-state index contributed by atoms with van der Waals surface area (Å²) in [5.41, 5.74) is 1.24. The van der Waals surface area contributed by atoms with Gasteiger partial charge in [0.2, 0.25) is 0 Å². The molecule has 4 rings (SSSR count). The molecule has 26 heavy (non-hydrogen) atoms. The fraction of sp³-hybridized carbons (Fsp3) is 0.450. The summed E-state index contributed by atoms with van der Waals surface area (Å²) in [5, 5.41) is 10.4. The highest BCUT2D eigenvalue weighted by atomic mass is 79.9. The Labute approximate surface area is 161 Å². The maximum absolute atomic E-state index is 12.1. The lowest BCUT2D eigenvalue weighted by molar-refractivity contribution is 0.0384. The van der Waals surface area contributed by atoms with Crippen molar-refractivity contribution in [2.75, 3.05) is 26.2 Å². The second kappa shape index (κ2) is 7.55. The van der Waals surface area contributed by atoms with Crippen molar-refractivity contribution in [3.8, 4) is 5.75 Å². The van der Waals surface area contributed by atoms with Crippen LogP contribution in [0.4, 0.5) is 0 Å². The number of aliphatic hydroxyl groups is 1. The Bertz CT molecular complexity index is 821. The molecule has 0 aliphatic carbocycles. The molecule has 2 aliphatic rings. The van der Waals surface area contributed by atoms with E-state index in [-0.39, 0.29) is 12.2 Å². The van der Waals surface area contributed by atoms with Gasteiger partial charge in [0, 0.05) is 48.3 Å². The van der Waals surface area contributed by atoms with Crippen molar-refractivity contribution >= 4 is 15.9 Å². The lowest BCUT2D eigenvalue weighted by Gasteiger charge is -2.43. The zero-order chi connectivity index (χ0) is 18.1. The summed E-state index contributed by atoms with van der Waals surface area (Å²) in [6.07, 6.45) is 0.598. The van der Waals surface area contributed by atoms with Gasteiger partial charge < -0.3 is 14.4 Å². The van der Waals surface area contributed by atoms with Gasteiger partial charge in [-0.25, -0.2) is 0 Å². The average molecular weight is 419 g/mol. The van der Waals surface area contributed by atoms with Gasteiger partial charge in [-0.1, -0.05) is 22.0 Å². The van der Waals surface area contributed by atoms with E-state index < -0.39 is 6.10 Å². The number of aromatic nitrogens is 1. The molecule has 2 aromatic rings. The van der Waals surface area contributed by atoms with Crippen LogP contribution >= 0.6 is 15.9 Å². The van der Waals surface area contributed by atoms with Crippen molar-refractivity contribution in [1.82, 2.24) is 9.47 Å². The van der Waals surface area contributed by atoms with Crippen LogP contribution in [0.1, 0.15) is 18.0 Å². The molecule has 3 atom stereocenters. The summed E-state index contributed by atoms with van der Waals surface area (Å²) >= 11 is 3.40. The van der Waals surface area contributed by atoms with Crippen LogP contribution < -0.4 is 10.3 Å². The second-order valence-corrected chi connectivity index (χ2v) is 8.25. The summed E-state index contributed by atoms with van der Waals surface area (Å²) in [7, 11) is 0. The molecule has 3 heterocycles. The molecular formula is C20H23BrN2O3. The molecule has 0 saturated carbocycles. The molecule has 5 nitrogen and oxygen atoms in total. The topological polar surface area (TPSA) is 54.7 Å². The van der Waals surface area contributed by atoms with Crippen LogP contribution in [0.15, 0.2) is 51.7 Å². The van der Waals surface area contributed by atoms with E-state index in [0.717, 1.165) is 42.0 Å². The highest BCUT2D eigenvalue weighted by Gasteiger charge is 2.34. The molecular weight excluding hydrogens is 396 g/mol. The van der Waals surface area contributed by atoms with Crippen LogP contribution in [-0.4, -0.2) is 46.9 Å². The normalized spacial score (nSPS) is 23.3. The number of benzene rings is 1. The van der Waals surface area contributed by atoms with E-state index in [1.165, 1.54) is 0 Å². The summed E-state index contributed by atoms with van der Waals surface area (Å²) < 4.78 is 8.63. The van der Waals surface area contributed by atoms with Crippen molar-refractivity contribution in [3.63, 3.8) is 0 Å². The molecule has 6 heteroatoms. The first kappa shape index (κ1) is 17.8. The third-order valence-corrected chi connectivity index (χ3v) is 5.81. The molecule has 1 N–H and O–H groups in total. The summed E-state index contributed by atoms with van der Waals surface area (Å²) in [4.78, 5) is 14.4. The van der Waals surface area contributed by atoms with Crippen LogP contribution in [0, 0.1) is 5.92 Å². The predicted octanol–water partition coefficient (Wildman–Crippen LogP) is 2.47. The van der Waals surface area contributed by atoms with Gasteiger partial charge in [0.05, 0.1) is 0 Å². The number of halogens is 1. The van der Waals surface area contributed by atoms with Crippen LogP contribution in [0.3, 0.4) is 0 Å². The molecule has 1 aromatic carbocycles. The Kier molecular flexibility index (Phi) is 5.16. The van der Waals surface area contributed by atoms with E-state index in [0.29, 0.717) is 18.4 Å². The number of piperidine rings is 1. The van der Waals surface area contributed by atoms with Crippen molar-refractivity contribution in [2.24, 2.45) is 5.92 Å². The minimum Gasteiger partial charge on any atom is -0.491 e. The molecule has 2 aliphatic heterocycles. The van der Waals surface area contributed by atoms with E-state index >= 15 is 0 Å². The minimum absolute atomic E-state index is 0.105. The number of aliphatic hydroxyl groups excluding tert-OH is 1. The molecule has 3 unspecified atom stereocenters. The Morgan fingerprint density at radius 1 is 1.15 bits per heavy atom. The first-order valence-corrected chi connectivity index (χ1v) is 9.86. The number of hydrogen-bond acceptors (Lipinski definition) is 4. The highest BCUT2D eigenvalue weighted by molar-refractivity contribution is 9.10. The second-order valence-electron chi connectivity index (χ2n) is 7.34. The third kappa shape index (κ3) is 3.87. The maximum Gasteiger partial charge on any atom is 0.250 e. The van der Waals surface area contributed by atoms with Crippen LogP contribution in [0.5, 0.6) is 5.75 Å². The zero-order valence-electron chi connectivity index (χ0n) is 14.6. The SMILES string of the molecule is O=c1cccc2n1CC1CC2CN(CC(O)COc2ccc(Br)cc2)C1. The van der Waals surface area contributed by atoms with Gasteiger partial charge in [0.25, 0.3) is 5.56 Å². The van der Waals surface area contributed by atoms with Crippen molar-refractivity contribution in [3.05, 3.63) is 63.0 Å². The van der Waals surface area contributed by atoms with Crippen LogP contribution in [-0.2, 0) is 6.54 Å². The summed E-state index contributed by atoms with van der Waals surface area (Å²) in [6.45, 7) is 3.47. The number of hydrogen-bond donors (Lipinski definition) is 1. The zero-order valence-corrected chi connectivity index (χ0v) is 16.1. The molecule has 138 valence electrons. The Morgan fingerprint density at radius 2 is 1.96 bits per heavy atom. The third-order valence-electron chi connectivity index (χ3n) is 5.28. The number of nitrogens with zero attached hydrogens (tertiary/aromatic N) is 2. The number of likely N-dealkylation sites (tertiary alicyclic amines) is 1. The molecule has 2 bridgehead atoms. The molecule has 0 amide bonds. The number of fused-ring (bicyclic) bond motifs is 4. The molecule has 0 spiro atoms. The quantitative estimate of drug-likeness (QED) is 0.809. The van der Waals surface area contributed by atoms with Gasteiger partial charge in [0.15, 0.2) is 0 Å². The van der Waals surface area contributed by atoms with Crippen molar-refractivity contribution in [2.45, 2.75) is 25.0 Å². The van der Waals surface area contributed by atoms with Crippen LogP contribution in [0.2, 0.25) is 0 Å². The Hall–Kier alpha value is -1.63. The van der Waals surface area contributed by atoms with E-state index in [2.05, 4.69) is 26.9 Å². The van der Waals surface area contributed by atoms with Crippen molar-refractivity contribution in [1.29, 1.82) is 0 Å². The lowest BCUT2D eigenvalue weighted by atomic mass is 9.83. The number of pyridine rings is 1. The Morgan fingerprint density at radius 3 is 2.77 bits per heavy atom. The number of β-amino-alcohol motifs (C(OH)–C–C–N with tert-alkyl or cyclic N) is 1. The molecule has 1 fully saturated rings. The van der Waals surface area contributed by atoms with Gasteiger partial charge in [0.1, 0.15) is 18.5 Å². The van der Waals surface area contributed by atoms with Gasteiger partial charge in [-0.15, -0.1) is 0 Å². The smallest absolute Gasteiger partial charge is 0.250 e. The van der Waals surface area contributed by atoms with Gasteiger partial charge >= 0.3 is 0 Å². The standard InChI is InChI=1S/C20H23BrN2O3/c21-16-4-6-18(7-5-16)26-13-17(24)12-22-9-14-8-15(11-22)19-2-1-3-20(25)23(19)10-14/h1-7,14-15,17,24H,8-13H2. The highest BCUT2D eigenvalue weighted by Crippen LogP contribution is 2.34. The van der Waals surface area contributed by atoms with E-state index in [1.54, 1.807) is 6.07 Å². The first-order valence-electron chi connectivity index (χ1n) is 9.07. The van der Waals surface area contributed by atoms with Gasteiger partial charge in [-0.05, 0) is 42.7 Å². The first-order chi connectivity index (χ1) is 12.6. The van der Waals surface area contributed by atoms with E-state index in [9.17, 15) is 9.90 Å². The Balaban J connectivity index is 1.35. The predicted molar refractivity (Wildman–Crippen MR) is 104 cm³/mol. The van der Waals surface area contributed by atoms with E-state index in [4.69, 9.17) is 4.74 Å². The number of rotatable bonds is 5. The van der Waals surface area contributed by atoms with Crippen LogP contribution in [0.25, 0.3) is 0 Å². The largest absolute Gasteiger partial charge is 0.491 e. The van der Waals surface area contributed by atoms with Crippen molar-refractivity contribution < 1.29 is 9.84 Å². The monoisotopic (exact) mass is 418 g/mol.